The van der Waals surface area contributed by atoms with Gasteiger partial charge in [-0.25, -0.2) is 0 Å². The van der Waals surface area contributed by atoms with Crippen LogP contribution in [-0.4, -0.2) is 20.7 Å². The highest BCUT2D eigenvalue weighted by atomic mass is 16.5. The lowest BCUT2D eigenvalue weighted by Crippen LogP contribution is -2.23. The largest absolute Gasteiger partial charge is 0.341 e. The second-order valence-corrected chi connectivity index (χ2v) is 5.36. The summed E-state index contributed by atoms with van der Waals surface area (Å²) in [6.45, 7) is 9.86. The van der Waals surface area contributed by atoms with E-state index in [-0.39, 0.29) is 0 Å². The molecule has 0 aromatic carbocycles. The lowest BCUT2D eigenvalue weighted by molar-refractivity contribution is 0.363. The van der Waals surface area contributed by atoms with Crippen molar-refractivity contribution in [3.05, 3.63) is 35.7 Å². The van der Waals surface area contributed by atoms with E-state index in [1.54, 1.807) is 0 Å². The molecule has 0 aliphatic rings. The van der Waals surface area contributed by atoms with Gasteiger partial charge in [0.15, 0.2) is 5.82 Å². The van der Waals surface area contributed by atoms with E-state index in [9.17, 15) is 0 Å². The summed E-state index contributed by atoms with van der Waals surface area (Å²) in [5.41, 5.74) is 1.22. The predicted octanol–water partition coefficient (Wildman–Crippen LogP) is 2.54. The van der Waals surface area contributed by atoms with Crippen LogP contribution in [0, 0.1) is 0 Å². The SMILES string of the molecule is CC(C)NCc1cccn1Cc1nc(C(C)C)no1. The van der Waals surface area contributed by atoms with Gasteiger partial charge in [-0.2, -0.15) is 4.98 Å². The molecule has 0 spiro atoms. The average Bonchev–Trinajstić information content (AvgIpc) is 2.96. The fourth-order valence-electron chi connectivity index (χ4n) is 1.79. The van der Waals surface area contributed by atoms with Gasteiger partial charge in [-0.05, 0) is 12.1 Å². The van der Waals surface area contributed by atoms with Crippen LogP contribution < -0.4 is 5.32 Å². The van der Waals surface area contributed by atoms with Crippen molar-refractivity contribution in [3.8, 4) is 0 Å². The highest BCUT2D eigenvalue weighted by molar-refractivity contribution is 5.08. The number of nitrogens with one attached hydrogen (secondary N) is 1. The van der Waals surface area contributed by atoms with Gasteiger partial charge in [0.05, 0.1) is 0 Å². The van der Waals surface area contributed by atoms with Crippen LogP contribution in [0.5, 0.6) is 0 Å². The number of hydrogen-bond acceptors (Lipinski definition) is 4. The molecule has 0 saturated heterocycles. The fraction of sp³-hybridized carbons (Fsp3) is 0.571. The van der Waals surface area contributed by atoms with E-state index in [2.05, 4.69) is 53.8 Å². The maximum atomic E-state index is 5.28. The standard InChI is InChI=1S/C14H22N4O/c1-10(2)14-16-13(19-17-14)9-18-7-5-6-12(18)8-15-11(3)4/h5-7,10-11,15H,8-9H2,1-4H3. The maximum absolute atomic E-state index is 5.28. The van der Waals surface area contributed by atoms with Crippen LogP contribution in [0.2, 0.25) is 0 Å². The molecule has 0 unspecified atom stereocenters. The van der Waals surface area contributed by atoms with E-state index in [1.165, 1.54) is 5.69 Å². The Morgan fingerprint density at radius 3 is 2.74 bits per heavy atom. The summed E-state index contributed by atoms with van der Waals surface area (Å²) in [7, 11) is 0. The zero-order valence-electron chi connectivity index (χ0n) is 12.1. The maximum Gasteiger partial charge on any atom is 0.246 e. The molecule has 104 valence electrons. The lowest BCUT2D eigenvalue weighted by atomic mass is 10.2. The fourth-order valence-corrected chi connectivity index (χ4v) is 1.79. The van der Waals surface area contributed by atoms with Gasteiger partial charge in [0.2, 0.25) is 5.89 Å². The summed E-state index contributed by atoms with van der Waals surface area (Å²) in [5.74, 6) is 1.72. The smallest absolute Gasteiger partial charge is 0.246 e. The van der Waals surface area contributed by atoms with Gasteiger partial charge in [-0.3, -0.25) is 0 Å². The van der Waals surface area contributed by atoms with Crippen LogP contribution >= 0.6 is 0 Å². The molecule has 2 heterocycles. The molecule has 2 aromatic rings. The van der Waals surface area contributed by atoms with Crippen LogP contribution in [0.1, 0.15) is 51.0 Å². The van der Waals surface area contributed by atoms with Crippen molar-refractivity contribution in [2.75, 3.05) is 0 Å². The van der Waals surface area contributed by atoms with Crippen molar-refractivity contribution in [2.24, 2.45) is 0 Å². The van der Waals surface area contributed by atoms with Gasteiger partial charge in [0.1, 0.15) is 6.54 Å². The number of rotatable bonds is 6. The van der Waals surface area contributed by atoms with Crippen LogP contribution in [0.3, 0.4) is 0 Å². The molecule has 2 rings (SSSR count). The molecule has 0 bridgehead atoms. The first-order valence-corrected chi connectivity index (χ1v) is 6.76. The Hall–Kier alpha value is -1.62. The Morgan fingerprint density at radius 1 is 1.32 bits per heavy atom. The summed E-state index contributed by atoms with van der Waals surface area (Å²) >= 11 is 0. The normalized spacial score (nSPS) is 11.7. The van der Waals surface area contributed by atoms with E-state index in [0.717, 1.165) is 12.4 Å². The van der Waals surface area contributed by atoms with E-state index >= 15 is 0 Å². The van der Waals surface area contributed by atoms with Gasteiger partial charge < -0.3 is 14.4 Å². The zero-order chi connectivity index (χ0) is 13.8. The van der Waals surface area contributed by atoms with Gasteiger partial charge in [-0.1, -0.05) is 32.9 Å². The van der Waals surface area contributed by atoms with Gasteiger partial charge in [0, 0.05) is 30.4 Å². The third kappa shape index (κ3) is 3.67. The monoisotopic (exact) mass is 262 g/mol. The topological polar surface area (TPSA) is 55.9 Å². The minimum Gasteiger partial charge on any atom is -0.341 e. The second kappa shape index (κ2) is 6.02. The van der Waals surface area contributed by atoms with E-state index in [4.69, 9.17) is 4.52 Å². The van der Waals surface area contributed by atoms with Gasteiger partial charge in [-0.15, -0.1) is 0 Å². The van der Waals surface area contributed by atoms with Crippen molar-refractivity contribution in [1.29, 1.82) is 0 Å². The molecule has 0 fully saturated rings. The third-order valence-corrected chi connectivity index (χ3v) is 2.92. The summed E-state index contributed by atoms with van der Waals surface area (Å²) in [5, 5.41) is 7.40. The summed E-state index contributed by atoms with van der Waals surface area (Å²) in [4.78, 5) is 4.40. The van der Waals surface area contributed by atoms with Gasteiger partial charge >= 0.3 is 0 Å². The molecule has 2 aromatic heterocycles. The van der Waals surface area contributed by atoms with Crippen LogP contribution in [0.15, 0.2) is 22.9 Å². The first-order valence-electron chi connectivity index (χ1n) is 6.76. The molecule has 19 heavy (non-hydrogen) atoms. The first-order chi connectivity index (χ1) is 9.06. The molecule has 0 aliphatic heterocycles. The van der Waals surface area contributed by atoms with Crippen LogP contribution in [0.4, 0.5) is 0 Å². The Balaban J connectivity index is 2.04. The van der Waals surface area contributed by atoms with Crippen molar-refractivity contribution < 1.29 is 4.52 Å². The van der Waals surface area contributed by atoms with E-state index < -0.39 is 0 Å². The number of aromatic nitrogens is 3. The summed E-state index contributed by atoms with van der Waals surface area (Å²) in [6, 6.07) is 4.62. The molecule has 0 amide bonds. The van der Waals surface area contributed by atoms with Crippen molar-refractivity contribution >= 4 is 0 Å². The lowest BCUT2D eigenvalue weighted by Gasteiger charge is -2.10. The van der Waals surface area contributed by atoms with Crippen molar-refractivity contribution in [3.63, 3.8) is 0 Å². The molecule has 0 atom stereocenters. The van der Waals surface area contributed by atoms with Crippen molar-refractivity contribution in [1.82, 2.24) is 20.0 Å². The highest BCUT2D eigenvalue weighted by Crippen LogP contribution is 2.12. The Kier molecular flexibility index (Phi) is 4.37. The number of nitrogens with zero attached hydrogens (tertiary/aromatic N) is 3. The quantitative estimate of drug-likeness (QED) is 0.869. The molecule has 0 aliphatic carbocycles. The Bertz CT molecular complexity index is 513. The second-order valence-electron chi connectivity index (χ2n) is 5.36. The van der Waals surface area contributed by atoms with Crippen molar-refractivity contribution in [2.45, 2.75) is 52.7 Å². The molecular weight excluding hydrogens is 240 g/mol. The Morgan fingerprint density at radius 2 is 2.11 bits per heavy atom. The molecule has 0 radical (unpaired) electrons. The summed E-state index contributed by atoms with van der Waals surface area (Å²) in [6.07, 6.45) is 2.04. The number of hydrogen-bond donors (Lipinski definition) is 1. The highest BCUT2D eigenvalue weighted by Gasteiger charge is 2.11. The molecule has 0 saturated carbocycles. The van der Waals surface area contributed by atoms with E-state index in [1.807, 2.05) is 12.3 Å². The average molecular weight is 262 g/mol. The van der Waals surface area contributed by atoms with E-state index in [0.29, 0.717) is 24.4 Å². The predicted molar refractivity (Wildman–Crippen MR) is 73.9 cm³/mol. The molecular formula is C14H22N4O. The first kappa shape index (κ1) is 13.8. The van der Waals surface area contributed by atoms with Crippen LogP contribution in [0.25, 0.3) is 0 Å². The molecule has 5 heteroatoms. The minimum absolute atomic E-state index is 0.296. The molecule has 1 N–H and O–H groups in total. The third-order valence-electron chi connectivity index (χ3n) is 2.92. The zero-order valence-corrected chi connectivity index (χ0v) is 12.1. The molecule has 5 nitrogen and oxygen atoms in total. The van der Waals surface area contributed by atoms with Crippen LogP contribution in [-0.2, 0) is 13.1 Å². The Labute approximate surface area is 114 Å². The van der Waals surface area contributed by atoms with Gasteiger partial charge in [0.25, 0.3) is 0 Å². The summed E-state index contributed by atoms with van der Waals surface area (Å²) < 4.78 is 7.41. The minimum atomic E-state index is 0.296.